The van der Waals surface area contributed by atoms with Gasteiger partial charge in [-0.25, -0.2) is 4.79 Å². The first-order valence-electron chi connectivity index (χ1n) is 8.32. The van der Waals surface area contributed by atoms with Crippen molar-refractivity contribution in [3.05, 3.63) is 36.9 Å². The second kappa shape index (κ2) is 8.19. The molecule has 24 heavy (non-hydrogen) atoms. The van der Waals surface area contributed by atoms with Crippen LogP contribution in [0.5, 0.6) is 0 Å². The molecule has 7 heteroatoms. The SMILES string of the molecule is CN(CCn1cnnc1)C(=O)Nc1ccccc1SC1CCCC1. The number of nitrogens with one attached hydrogen (secondary N) is 1. The van der Waals surface area contributed by atoms with E-state index >= 15 is 0 Å². The van der Waals surface area contributed by atoms with Crippen molar-refractivity contribution in [1.82, 2.24) is 19.7 Å². The topological polar surface area (TPSA) is 63.1 Å². The highest BCUT2D eigenvalue weighted by atomic mass is 32.2. The number of benzene rings is 1. The number of aromatic nitrogens is 3. The number of amides is 2. The molecule has 1 aromatic carbocycles. The standard InChI is InChI=1S/C17H23N5OS/c1-21(10-11-22-12-18-19-13-22)17(23)20-15-8-4-5-9-16(15)24-14-6-2-3-7-14/h4-5,8-9,12-14H,2-3,6-7,10-11H2,1H3,(H,20,23). The minimum atomic E-state index is -0.0949. The van der Waals surface area contributed by atoms with Gasteiger partial charge < -0.3 is 14.8 Å². The van der Waals surface area contributed by atoms with Crippen LogP contribution in [0.4, 0.5) is 10.5 Å². The summed E-state index contributed by atoms with van der Waals surface area (Å²) in [4.78, 5) is 15.3. The number of urea groups is 1. The summed E-state index contributed by atoms with van der Waals surface area (Å²) >= 11 is 1.89. The zero-order valence-corrected chi connectivity index (χ0v) is 14.7. The van der Waals surface area contributed by atoms with Gasteiger partial charge in [-0.1, -0.05) is 25.0 Å². The first-order valence-corrected chi connectivity index (χ1v) is 9.20. The number of carbonyl (C=O) groups is 1. The van der Waals surface area contributed by atoms with Crippen molar-refractivity contribution in [2.75, 3.05) is 18.9 Å². The van der Waals surface area contributed by atoms with Crippen molar-refractivity contribution in [3.8, 4) is 0 Å². The van der Waals surface area contributed by atoms with Crippen LogP contribution in [0, 0.1) is 0 Å². The molecule has 1 aliphatic rings. The van der Waals surface area contributed by atoms with E-state index in [2.05, 4.69) is 21.6 Å². The Morgan fingerprint density at radius 3 is 2.75 bits per heavy atom. The number of hydrogen-bond donors (Lipinski definition) is 1. The Morgan fingerprint density at radius 2 is 2.00 bits per heavy atom. The number of rotatable bonds is 6. The number of nitrogens with zero attached hydrogens (tertiary/aromatic N) is 4. The Hall–Kier alpha value is -2.02. The smallest absolute Gasteiger partial charge is 0.321 e. The highest BCUT2D eigenvalue weighted by Crippen LogP contribution is 2.38. The van der Waals surface area contributed by atoms with Crippen molar-refractivity contribution in [2.24, 2.45) is 0 Å². The average Bonchev–Trinajstić information content (AvgIpc) is 3.28. The van der Waals surface area contributed by atoms with Crippen LogP contribution in [0.1, 0.15) is 25.7 Å². The van der Waals surface area contributed by atoms with Crippen molar-refractivity contribution >= 4 is 23.5 Å². The Kier molecular flexibility index (Phi) is 5.74. The lowest BCUT2D eigenvalue weighted by Crippen LogP contribution is -2.33. The zero-order valence-electron chi connectivity index (χ0n) is 13.9. The Labute approximate surface area is 146 Å². The Balaban J connectivity index is 1.56. The molecule has 2 aromatic rings. The molecule has 128 valence electrons. The molecule has 0 aliphatic heterocycles. The number of para-hydroxylation sites is 1. The third-order valence-electron chi connectivity index (χ3n) is 4.23. The van der Waals surface area contributed by atoms with Gasteiger partial charge in [-0.15, -0.1) is 22.0 Å². The fourth-order valence-corrected chi connectivity index (χ4v) is 4.10. The van der Waals surface area contributed by atoms with Crippen LogP contribution in [-0.2, 0) is 6.54 Å². The summed E-state index contributed by atoms with van der Waals surface area (Å²) in [6.07, 6.45) is 8.48. The predicted octanol–water partition coefficient (Wildman–Crippen LogP) is 3.48. The fraction of sp³-hybridized carbons (Fsp3) is 0.471. The quantitative estimate of drug-likeness (QED) is 0.871. The molecule has 1 aliphatic carbocycles. The molecular formula is C17H23N5OS. The lowest BCUT2D eigenvalue weighted by Gasteiger charge is -2.20. The van der Waals surface area contributed by atoms with Crippen LogP contribution in [-0.4, -0.2) is 44.5 Å². The van der Waals surface area contributed by atoms with Gasteiger partial charge in [0.25, 0.3) is 0 Å². The predicted molar refractivity (Wildman–Crippen MR) is 96.2 cm³/mol. The summed E-state index contributed by atoms with van der Waals surface area (Å²) in [5.74, 6) is 0. The maximum atomic E-state index is 12.4. The Bertz CT molecular complexity index is 655. The molecule has 6 nitrogen and oxygen atoms in total. The van der Waals surface area contributed by atoms with Gasteiger partial charge in [0.2, 0.25) is 0 Å². The molecule has 1 fully saturated rings. The number of thioether (sulfide) groups is 1. The van der Waals surface area contributed by atoms with Crippen LogP contribution < -0.4 is 5.32 Å². The number of anilines is 1. The first-order chi connectivity index (χ1) is 11.7. The van der Waals surface area contributed by atoms with E-state index in [1.54, 1.807) is 24.6 Å². The third-order valence-corrected chi connectivity index (χ3v) is 5.65. The van der Waals surface area contributed by atoms with Crippen LogP contribution in [0.2, 0.25) is 0 Å². The van der Waals surface area contributed by atoms with E-state index in [0.717, 1.165) is 10.6 Å². The molecule has 0 spiro atoms. The van der Waals surface area contributed by atoms with Crippen LogP contribution in [0.25, 0.3) is 0 Å². The first kappa shape index (κ1) is 16.8. The van der Waals surface area contributed by atoms with E-state index in [9.17, 15) is 4.79 Å². The molecule has 0 bridgehead atoms. The molecule has 1 saturated carbocycles. The zero-order chi connectivity index (χ0) is 16.8. The second-order valence-corrected chi connectivity index (χ2v) is 7.41. The van der Waals surface area contributed by atoms with E-state index in [1.807, 2.05) is 34.5 Å². The maximum Gasteiger partial charge on any atom is 0.321 e. The molecule has 0 radical (unpaired) electrons. The molecule has 2 amide bonds. The molecule has 0 unspecified atom stereocenters. The minimum Gasteiger partial charge on any atom is -0.326 e. The van der Waals surface area contributed by atoms with Crippen LogP contribution in [0.15, 0.2) is 41.8 Å². The van der Waals surface area contributed by atoms with Gasteiger partial charge in [0, 0.05) is 30.3 Å². The fourth-order valence-electron chi connectivity index (χ4n) is 2.77. The molecule has 1 aromatic heterocycles. The van der Waals surface area contributed by atoms with Crippen LogP contribution >= 0.6 is 11.8 Å². The maximum absolute atomic E-state index is 12.4. The molecule has 1 N–H and O–H groups in total. The normalized spacial score (nSPS) is 14.7. The molecule has 3 rings (SSSR count). The van der Waals surface area contributed by atoms with Crippen molar-refractivity contribution < 1.29 is 4.79 Å². The second-order valence-electron chi connectivity index (χ2n) is 6.07. The van der Waals surface area contributed by atoms with E-state index < -0.39 is 0 Å². The number of hydrogen-bond acceptors (Lipinski definition) is 4. The van der Waals surface area contributed by atoms with Gasteiger partial charge in [0.15, 0.2) is 0 Å². The average molecular weight is 345 g/mol. The minimum absolute atomic E-state index is 0.0949. The Morgan fingerprint density at radius 1 is 1.29 bits per heavy atom. The summed E-state index contributed by atoms with van der Waals surface area (Å²) in [5.41, 5.74) is 0.899. The van der Waals surface area contributed by atoms with E-state index in [1.165, 1.54) is 25.7 Å². The van der Waals surface area contributed by atoms with Crippen molar-refractivity contribution in [2.45, 2.75) is 42.4 Å². The summed E-state index contributed by atoms with van der Waals surface area (Å²) in [6.45, 7) is 1.27. The number of likely N-dealkylation sites (N-methyl/N-ethyl adjacent to an activating group) is 1. The van der Waals surface area contributed by atoms with Gasteiger partial charge in [0.05, 0.1) is 5.69 Å². The summed E-state index contributed by atoms with van der Waals surface area (Å²) < 4.78 is 1.85. The third kappa shape index (κ3) is 4.50. The molecule has 0 saturated heterocycles. The molecule has 0 atom stereocenters. The lowest BCUT2D eigenvalue weighted by atomic mass is 10.3. The van der Waals surface area contributed by atoms with Crippen molar-refractivity contribution in [1.29, 1.82) is 0 Å². The van der Waals surface area contributed by atoms with Gasteiger partial charge in [-0.2, -0.15) is 0 Å². The van der Waals surface area contributed by atoms with Crippen LogP contribution in [0.3, 0.4) is 0 Å². The summed E-state index contributed by atoms with van der Waals surface area (Å²) in [5, 5.41) is 11.2. The monoisotopic (exact) mass is 345 g/mol. The molecular weight excluding hydrogens is 322 g/mol. The van der Waals surface area contributed by atoms with E-state index in [4.69, 9.17) is 0 Å². The van der Waals surface area contributed by atoms with E-state index in [0.29, 0.717) is 18.3 Å². The highest BCUT2D eigenvalue weighted by Gasteiger charge is 2.18. The van der Waals surface area contributed by atoms with Gasteiger partial charge in [0.1, 0.15) is 12.7 Å². The van der Waals surface area contributed by atoms with Gasteiger partial charge in [-0.05, 0) is 25.0 Å². The summed E-state index contributed by atoms with van der Waals surface area (Å²) in [7, 11) is 1.80. The lowest BCUT2D eigenvalue weighted by molar-refractivity contribution is 0.220. The molecule has 1 heterocycles. The van der Waals surface area contributed by atoms with Crippen molar-refractivity contribution in [3.63, 3.8) is 0 Å². The summed E-state index contributed by atoms with van der Waals surface area (Å²) in [6, 6.07) is 7.97. The van der Waals surface area contributed by atoms with Gasteiger partial charge >= 0.3 is 6.03 Å². The number of carbonyl (C=O) groups excluding carboxylic acids is 1. The highest BCUT2D eigenvalue weighted by molar-refractivity contribution is 8.00. The van der Waals surface area contributed by atoms with E-state index in [-0.39, 0.29) is 6.03 Å². The largest absolute Gasteiger partial charge is 0.326 e. The van der Waals surface area contributed by atoms with Gasteiger partial charge in [-0.3, -0.25) is 0 Å².